The van der Waals surface area contributed by atoms with Crippen molar-refractivity contribution < 1.29 is 4.79 Å². The van der Waals surface area contributed by atoms with Crippen molar-refractivity contribution in [2.45, 2.75) is 0 Å². The van der Waals surface area contributed by atoms with Gasteiger partial charge in [0.25, 0.3) is 5.91 Å². The molecule has 2 heterocycles. The van der Waals surface area contributed by atoms with E-state index in [1.54, 1.807) is 24.3 Å². The van der Waals surface area contributed by atoms with E-state index in [0.29, 0.717) is 21.0 Å². The number of amidine groups is 1. The molecule has 0 unspecified atom stereocenters. The fourth-order valence-corrected chi connectivity index (χ4v) is 4.82. The predicted octanol–water partition coefficient (Wildman–Crippen LogP) is 6.13. The molecule has 0 aliphatic carbocycles. The zero-order valence-corrected chi connectivity index (χ0v) is 20.5. The summed E-state index contributed by atoms with van der Waals surface area (Å²) in [6.45, 7) is 0. The number of nitrogens with zero attached hydrogens (tertiary/aromatic N) is 3. The van der Waals surface area contributed by atoms with Gasteiger partial charge in [-0.25, -0.2) is 9.98 Å². The number of anilines is 1. The van der Waals surface area contributed by atoms with Gasteiger partial charge in [-0.1, -0.05) is 77.0 Å². The standard InChI is InChI=1S/C24H15Cl2N5OS2/c25-16-8-6-14(7-9-16)12-19-22(32)31(21(27-19)15-4-2-1-3-5-15)30-23(33)29-24-28-18-11-10-17(26)13-20(18)34-24/h1-13H,(H2,28,29,30,33)/b19-12-. The van der Waals surface area contributed by atoms with Gasteiger partial charge in [0.1, 0.15) is 5.70 Å². The van der Waals surface area contributed by atoms with Crippen LogP contribution >= 0.6 is 46.8 Å². The first kappa shape index (κ1) is 22.5. The number of carbonyl (C=O) groups excluding carboxylic acids is 1. The molecule has 0 saturated carbocycles. The lowest BCUT2D eigenvalue weighted by atomic mass is 10.2. The molecule has 1 amide bonds. The monoisotopic (exact) mass is 523 g/mol. The molecule has 3 aromatic carbocycles. The second kappa shape index (κ2) is 9.52. The number of carbonyl (C=O) groups is 1. The van der Waals surface area contributed by atoms with E-state index < -0.39 is 0 Å². The molecule has 0 spiro atoms. The molecule has 2 N–H and O–H groups in total. The van der Waals surface area contributed by atoms with Gasteiger partial charge >= 0.3 is 0 Å². The normalized spacial score (nSPS) is 14.5. The molecule has 0 fully saturated rings. The van der Waals surface area contributed by atoms with E-state index in [2.05, 4.69) is 20.7 Å². The lowest BCUT2D eigenvalue weighted by Gasteiger charge is -2.20. The molecule has 5 rings (SSSR count). The van der Waals surface area contributed by atoms with Crippen LogP contribution in [0.25, 0.3) is 16.3 Å². The van der Waals surface area contributed by atoms with E-state index in [9.17, 15) is 4.79 Å². The van der Waals surface area contributed by atoms with Crippen LogP contribution in [0.1, 0.15) is 11.1 Å². The van der Waals surface area contributed by atoms with Gasteiger partial charge in [0.2, 0.25) is 0 Å². The number of thiazole rings is 1. The Bertz CT molecular complexity index is 1470. The number of benzene rings is 3. The average molecular weight is 524 g/mol. The van der Waals surface area contributed by atoms with E-state index in [1.807, 2.05) is 54.6 Å². The number of nitrogens with one attached hydrogen (secondary N) is 2. The molecule has 168 valence electrons. The number of hydrazine groups is 1. The smallest absolute Gasteiger partial charge is 0.297 e. The van der Waals surface area contributed by atoms with Gasteiger partial charge in [-0.2, -0.15) is 5.01 Å². The molecule has 1 aromatic heterocycles. The molecule has 0 radical (unpaired) electrons. The van der Waals surface area contributed by atoms with Crippen molar-refractivity contribution in [2.24, 2.45) is 4.99 Å². The van der Waals surface area contributed by atoms with Crippen molar-refractivity contribution in [3.63, 3.8) is 0 Å². The van der Waals surface area contributed by atoms with Gasteiger partial charge in [0.15, 0.2) is 16.1 Å². The first-order chi connectivity index (χ1) is 16.5. The molecule has 10 heteroatoms. The molecule has 0 bridgehead atoms. The number of fused-ring (bicyclic) bond motifs is 1. The highest BCUT2D eigenvalue weighted by molar-refractivity contribution is 7.80. The summed E-state index contributed by atoms with van der Waals surface area (Å²) >= 11 is 18.9. The minimum atomic E-state index is -0.339. The van der Waals surface area contributed by atoms with Crippen molar-refractivity contribution in [2.75, 3.05) is 5.32 Å². The number of amides is 1. The van der Waals surface area contributed by atoms with Crippen LogP contribution in [0, 0.1) is 0 Å². The van der Waals surface area contributed by atoms with Gasteiger partial charge in [0, 0.05) is 15.6 Å². The van der Waals surface area contributed by atoms with Gasteiger partial charge in [-0.3, -0.25) is 10.2 Å². The number of thiocarbonyl (C=S) groups is 1. The average Bonchev–Trinajstić information content (AvgIpc) is 3.36. The van der Waals surface area contributed by atoms with E-state index in [0.717, 1.165) is 21.3 Å². The minimum absolute atomic E-state index is 0.204. The van der Waals surface area contributed by atoms with Crippen molar-refractivity contribution in [3.8, 4) is 0 Å². The van der Waals surface area contributed by atoms with Crippen molar-refractivity contribution >= 4 is 85.0 Å². The molecule has 34 heavy (non-hydrogen) atoms. The van der Waals surface area contributed by atoms with E-state index in [-0.39, 0.29) is 16.7 Å². The third kappa shape index (κ3) is 4.80. The second-order valence-corrected chi connectivity index (χ2v) is 9.53. The lowest BCUT2D eigenvalue weighted by Crippen LogP contribution is -2.48. The number of aliphatic imine (C=N–C) groups is 1. The number of hydrogen-bond acceptors (Lipinski definition) is 5. The molecule has 1 aliphatic rings. The number of rotatable bonds is 4. The first-order valence-electron chi connectivity index (χ1n) is 10.1. The van der Waals surface area contributed by atoms with Crippen molar-refractivity contribution in [1.29, 1.82) is 0 Å². The first-order valence-corrected chi connectivity index (χ1v) is 12.0. The Labute approximate surface area is 214 Å². The highest BCUT2D eigenvalue weighted by Gasteiger charge is 2.32. The number of halogens is 2. The van der Waals surface area contributed by atoms with Crippen molar-refractivity contribution in [3.05, 3.63) is 99.7 Å². The SMILES string of the molecule is O=C1/C(=C/c2ccc(Cl)cc2)N=C(c2ccccc2)N1NC(=S)Nc1nc2ccc(Cl)cc2s1. The van der Waals surface area contributed by atoms with Crippen LogP contribution in [0.3, 0.4) is 0 Å². The number of hydrogen-bond donors (Lipinski definition) is 2. The van der Waals surface area contributed by atoms with E-state index >= 15 is 0 Å². The molecular weight excluding hydrogens is 509 g/mol. The molecule has 6 nitrogen and oxygen atoms in total. The highest BCUT2D eigenvalue weighted by atomic mass is 35.5. The summed E-state index contributed by atoms with van der Waals surface area (Å²) in [6, 6.07) is 22.0. The Hall–Kier alpha value is -3.30. The fourth-order valence-electron chi connectivity index (χ4n) is 3.30. The summed E-state index contributed by atoms with van der Waals surface area (Å²) in [4.78, 5) is 22.4. The zero-order chi connectivity index (χ0) is 23.7. The topological polar surface area (TPSA) is 69.6 Å². The van der Waals surface area contributed by atoms with Gasteiger partial charge in [-0.15, -0.1) is 0 Å². The van der Waals surface area contributed by atoms with E-state index in [1.165, 1.54) is 16.3 Å². The Morgan fingerprint density at radius 1 is 1.00 bits per heavy atom. The minimum Gasteiger partial charge on any atom is -0.307 e. The quantitative estimate of drug-likeness (QED) is 0.248. The maximum Gasteiger partial charge on any atom is 0.297 e. The van der Waals surface area contributed by atoms with Gasteiger partial charge in [-0.05, 0) is 54.2 Å². The maximum atomic E-state index is 13.3. The van der Waals surface area contributed by atoms with Crippen LogP contribution < -0.4 is 10.7 Å². The Morgan fingerprint density at radius 3 is 2.50 bits per heavy atom. The Balaban J connectivity index is 1.41. The summed E-state index contributed by atoms with van der Waals surface area (Å²) in [7, 11) is 0. The second-order valence-electron chi connectivity index (χ2n) is 7.22. The predicted molar refractivity (Wildman–Crippen MR) is 143 cm³/mol. The summed E-state index contributed by atoms with van der Waals surface area (Å²) in [5, 5.41) is 6.41. The zero-order valence-electron chi connectivity index (χ0n) is 17.3. The summed E-state index contributed by atoms with van der Waals surface area (Å²) in [5.41, 5.74) is 5.60. The summed E-state index contributed by atoms with van der Waals surface area (Å²) in [6.07, 6.45) is 1.71. The maximum absolute atomic E-state index is 13.3. The molecule has 0 saturated heterocycles. The van der Waals surface area contributed by atoms with Crippen LogP contribution in [-0.4, -0.2) is 26.8 Å². The number of aromatic nitrogens is 1. The lowest BCUT2D eigenvalue weighted by molar-refractivity contribution is -0.123. The summed E-state index contributed by atoms with van der Waals surface area (Å²) in [5.74, 6) is 0.0973. The molecule has 4 aromatic rings. The van der Waals surface area contributed by atoms with Crippen molar-refractivity contribution in [1.82, 2.24) is 15.4 Å². The van der Waals surface area contributed by atoms with Gasteiger partial charge < -0.3 is 5.32 Å². The van der Waals surface area contributed by atoms with Crippen LogP contribution in [0.2, 0.25) is 10.0 Å². The van der Waals surface area contributed by atoms with Crippen LogP contribution in [0.4, 0.5) is 5.13 Å². The Morgan fingerprint density at radius 2 is 1.74 bits per heavy atom. The molecule has 1 aliphatic heterocycles. The van der Waals surface area contributed by atoms with Crippen LogP contribution in [-0.2, 0) is 4.79 Å². The van der Waals surface area contributed by atoms with Crippen LogP contribution in [0.5, 0.6) is 0 Å². The van der Waals surface area contributed by atoms with Gasteiger partial charge in [0.05, 0.1) is 10.2 Å². The summed E-state index contributed by atoms with van der Waals surface area (Å²) < 4.78 is 0.926. The highest BCUT2D eigenvalue weighted by Crippen LogP contribution is 2.28. The molecule has 0 atom stereocenters. The third-order valence-corrected chi connectivity index (χ3v) is 6.46. The largest absolute Gasteiger partial charge is 0.307 e. The fraction of sp³-hybridized carbons (Fsp3) is 0. The molecular formula is C24H15Cl2N5OS2. The third-order valence-electron chi connectivity index (χ3n) is 4.85. The van der Waals surface area contributed by atoms with Crippen LogP contribution in [0.15, 0.2) is 83.5 Å². The van der Waals surface area contributed by atoms with E-state index in [4.69, 9.17) is 35.4 Å². The Kier molecular flexibility index (Phi) is 6.30.